The fourth-order valence-electron chi connectivity index (χ4n) is 10.4. The van der Waals surface area contributed by atoms with Crippen LogP contribution >= 0.6 is 23.4 Å². The molecule has 16 nitrogen and oxygen atoms in total. The zero-order valence-electron chi connectivity index (χ0n) is 40.5. The zero-order chi connectivity index (χ0) is 50.1. The van der Waals surface area contributed by atoms with Gasteiger partial charge < -0.3 is 31.1 Å². The molecule has 18 heteroatoms. The van der Waals surface area contributed by atoms with Gasteiger partial charge in [0.1, 0.15) is 22.6 Å². The van der Waals surface area contributed by atoms with E-state index in [2.05, 4.69) is 71.6 Å². The van der Waals surface area contributed by atoms with Crippen molar-refractivity contribution in [3.63, 3.8) is 0 Å². The van der Waals surface area contributed by atoms with Gasteiger partial charge in [0.15, 0.2) is 0 Å². The van der Waals surface area contributed by atoms with Gasteiger partial charge in [-0.2, -0.15) is 0 Å². The smallest absolute Gasteiger partial charge is 0.271 e. The average Bonchev–Trinajstić information content (AvgIpc) is 3.70. The van der Waals surface area contributed by atoms with Crippen molar-refractivity contribution in [2.24, 2.45) is 5.73 Å². The van der Waals surface area contributed by atoms with Crippen LogP contribution in [0.2, 0.25) is 5.02 Å². The average molecular weight is 1010 g/mol. The number of rotatable bonds is 12. The number of imide groups is 1. The molecule has 0 aliphatic carbocycles. The van der Waals surface area contributed by atoms with Crippen molar-refractivity contribution in [1.29, 1.82) is 0 Å². The molecule has 0 radical (unpaired) electrons. The lowest BCUT2D eigenvalue weighted by atomic mass is 9.91. The number of halogens is 1. The number of fused-ring (bicyclic) bond motifs is 1. The summed E-state index contributed by atoms with van der Waals surface area (Å²) in [5.41, 5.74) is 14.0. The van der Waals surface area contributed by atoms with Crippen molar-refractivity contribution < 1.29 is 24.0 Å². The van der Waals surface area contributed by atoms with Gasteiger partial charge in [0.05, 0.1) is 17.4 Å². The highest BCUT2D eigenvalue weighted by Gasteiger charge is 2.39. The highest BCUT2D eigenvalue weighted by Crippen LogP contribution is 2.33. The largest absolute Gasteiger partial charge is 0.371 e. The van der Waals surface area contributed by atoms with Crippen molar-refractivity contribution in [3.05, 3.63) is 135 Å². The number of nitrogens with one attached hydrogen (secondary N) is 3. The number of nitrogens with zero attached hydrogens (tertiary/aromatic N) is 7. The predicted molar refractivity (Wildman–Crippen MR) is 278 cm³/mol. The Bertz CT molecular complexity index is 2970. The van der Waals surface area contributed by atoms with E-state index in [0.717, 1.165) is 121 Å². The molecule has 0 saturated carbocycles. The molecule has 5 aliphatic rings. The number of carbonyl (C=O) groups is 5. The summed E-state index contributed by atoms with van der Waals surface area (Å²) in [5, 5.41) is 9.36. The van der Waals surface area contributed by atoms with Gasteiger partial charge in [-0.15, -0.1) is 0 Å². The van der Waals surface area contributed by atoms with Gasteiger partial charge >= 0.3 is 0 Å². The third-order valence-electron chi connectivity index (χ3n) is 14.6. The van der Waals surface area contributed by atoms with Crippen LogP contribution in [0.1, 0.15) is 105 Å². The number of anilines is 3. The second-order valence-electron chi connectivity index (χ2n) is 19.8. The topological polar surface area (TPSA) is 199 Å². The number of benzene rings is 3. The third kappa shape index (κ3) is 10.9. The Balaban J connectivity index is 0.672. The number of pyridine rings is 1. The molecule has 1 unspecified atom stereocenters. The summed E-state index contributed by atoms with van der Waals surface area (Å²) in [4.78, 5) is 87.3. The number of hydrogen-bond donors (Lipinski definition) is 4. The fraction of sp³-hybridized carbons (Fsp3) is 0.370. The quantitative estimate of drug-likeness (QED) is 0.0933. The summed E-state index contributed by atoms with van der Waals surface area (Å²) in [7, 11) is 0. The van der Waals surface area contributed by atoms with Gasteiger partial charge in [0, 0.05) is 104 Å². The summed E-state index contributed by atoms with van der Waals surface area (Å²) in [6.45, 7) is 9.94. The first-order valence-corrected chi connectivity index (χ1v) is 25.9. The maximum Gasteiger partial charge on any atom is 0.271 e. The number of carbonyl (C=O) groups excluding carboxylic acids is 5. The van der Waals surface area contributed by atoms with Gasteiger partial charge in [-0.1, -0.05) is 47.6 Å². The Hall–Kier alpha value is -6.66. The second kappa shape index (κ2) is 20.8. The van der Waals surface area contributed by atoms with Crippen LogP contribution in [0.25, 0.3) is 5.57 Å². The fourth-order valence-corrected chi connectivity index (χ4v) is 11.5. The van der Waals surface area contributed by atoms with E-state index in [9.17, 15) is 24.0 Å². The van der Waals surface area contributed by atoms with Crippen LogP contribution in [-0.2, 0) is 22.7 Å². The Morgan fingerprint density at radius 1 is 0.875 bits per heavy atom. The molecule has 3 aromatic carbocycles. The first-order valence-electron chi connectivity index (χ1n) is 24.7. The van der Waals surface area contributed by atoms with Crippen LogP contribution in [-0.4, -0.2) is 111 Å². The van der Waals surface area contributed by atoms with Crippen LogP contribution in [0.4, 0.5) is 17.2 Å². The third-order valence-corrected chi connectivity index (χ3v) is 15.8. The number of piperidine rings is 3. The summed E-state index contributed by atoms with van der Waals surface area (Å²) >= 11 is 8.18. The summed E-state index contributed by atoms with van der Waals surface area (Å²) in [6, 6.07) is 20.7. The standard InChI is InChI=1S/C54H58ClN11O5S/c1-33-24-36(50(68)61-39-4-3-5-41(27-39)72-48-31-57-46(30-58-48)65-22-16-54(2,56)17-23-65)7-9-44(33)64-20-14-40(15-21-64)63-18-12-35(13-19-63)37-26-43(55)49(59-29-37)52(70)60-28-34-6-8-42-38(25-34)32-66(53(42)71)45-10-11-47(67)62-51(45)69/h3-9,12,24-27,29-31,40,45H,10-11,13-23,28,32,56H2,1-2H3,(H,60,70)(H,61,68)(H,62,67,69). The van der Waals surface area contributed by atoms with Crippen LogP contribution in [0.15, 0.2) is 101 Å². The predicted octanol–water partition coefficient (Wildman–Crippen LogP) is 7.00. The molecule has 3 saturated heterocycles. The molecule has 5 aromatic rings. The number of amides is 5. The molecule has 72 heavy (non-hydrogen) atoms. The molecule has 10 rings (SSSR count). The van der Waals surface area contributed by atoms with E-state index in [-0.39, 0.29) is 53.5 Å². The van der Waals surface area contributed by atoms with E-state index in [0.29, 0.717) is 29.3 Å². The number of aromatic nitrogens is 3. The summed E-state index contributed by atoms with van der Waals surface area (Å²) in [5.74, 6) is -0.730. The Morgan fingerprint density at radius 3 is 2.42 bits per heavy atom. The molecule has 3 fully saturated rings. The molecule has 0 spiro atoms. The maximum absolute atomic E-state index is 13.5. The SMILES string of the molecule is Cc1cc(C(=O)Nc2cccc(Sc3cnc(N4CCC(C)(N)CC4)cn3)c2)ccc1N1CCC(N2CC=C(c3cnc(C(=O)NCc4ccc5c(c4)CN(C4CCC(=O)NC4=O)C5=O)c(Cl)c3)CC2)CC1. The lowest BCUT2D eigenvalue weighted by Crippen LogP contribution is -2.52. The van der Waals surface area contributed by atoms with E-state index in [1.54, 1.807) is 24.5 Å². The van der Waals surface area contributed by atoms with Crippen LogP contribution in [0.5, 0.6) is 0 Å². The number of nitrogens with two attached hydrogens (primary N) is 1. The maximum atomic E-state index is 13.5. The van der Waals surface area contributed by atoms with Crippen molar-refractivity contribution >= 4 is 75.7 Å². The lowest BCUT2D eigenvalue weighted by Gasteiger charge is -2.41. The van der Waals surface area contributed by atoms with E-state index in [1.807, 2.05) is 54.7 Å². The highest BCUT2D eigenvalue weighted by molar-refractivity contribution is 7.99. The molecule has 5 amide bonds. The summed E-state index contributed by atoms with van der Waals surface area (Å²) < 4.78 is 0. The van der Waals surface area contributed by atoms with Gasteiger partial charge in [-0.05, 0) is 129 Å². The molecule has 2 aromatic heterocycles. The normalized spacial score (nSPS) is 19.4. The van der Waals surface area contributed by atoms with E-state index in [1.165, 1.54) is 16.7 Å². The first-order chi connectivity index (χ1) is 34.7. The van der Waals surface area contributed by atoms with Crippen LogP contribution in [0, 0.1) is 6.92 Å². The van der Waals surface area contributed by atoms with E-state index >= 15 is 0 Å². The number of aryl methyl sites for hydroxylation is 1. The molecule has 372 valence electrons. The number of hydrogen-bond acceptors (Lipinski definition) is 13. The lowest BCUT2D eigenvalue weighted by molar-refractivity contribution is -0.136. The van der Waals surface area contributed by atoms with Crippen molar-refractivity contribution in [1.82, 2.24) is 35.4 Å². The Labute approximate surface area is 428 Å². The molecule has 0 bridgehead atoms. The molecule has 1 atom stereocenters. The first kappa shape index (κ1) is 48.9. The second-order valence-corrected chi connectivity index (χ2v) is 21.3. The Morgan fingerprint density at radius 2 is 1.69 bits per heavy atom. The highest BCUT2D eigenvalue weighted by atomic mass is 35.5. The molecular weight excluding hydrogens is 950 g/mol. The zero-order valence-corrected chi connectivity index (χ0v) is 42.0. The van der Waals surface area contributed by atoms with E-state index < -0.39 is 17.9 Å². The van der Waals surface area contributed by atoms with Crippen LogP contribution in [0.3, 0.4) is 0 Å². The summed E-state index contributed by atoms with van der Waals surface area (Å²) in [6.07, 6.45) is 12.8. The van der Waals surface area contributed by atoms with E-state index in [4.69, 9.17) is 17.3 Å². The molecule has 5 N–H and O–H groups in total. The monoisotopic (exact) mass is 1010 g/mol. The van der Waals surface area contributed by atoms with Crippen LogP contribution < -0.4 is 31.5 Å². The van der Waals surface area contributed by atoms with Crippen molar-refractivity contribution in [2.75, 3.05) is 54.4 Å². The minimum absolute atomic E-state index is 0.124. The van der Waals surface area contributed by atoms with Gasteiger partial charge in [0.25, 0.3) is 17.7 Å². The van der Waals surface area contributed by atoms with Gasteiger partial charge in [-0.25, -0.2) is 15.0 Å². The van der Waals surface area contributed by atoms with Crippen molar-refractivity contribution in [3.8, 4) is 0 Å². The van der Waals surface area contributed by atoms with Gasteiger partial charge in [0.2, 0.25) is 11.8 Å². The molecule has 5 aliphatic heterocycles. The molecule has 7 heterocycles. The van der Waals surface area contributed by atoms with Gasteiger partial charge in [-0.3, -0.25) is 34.2 Å². The minimum atomic E-state index is -0.690. The molecular formula is C54H58ClN11O5S. The Kier molecular flexibility index (Phi) is 14.2. The van der Waals surface area contributed by atoms with Crippen molar-refractivity contribution in [2.45, 2.75) is 99.4 Å². The minimum Gasteiger partial charge on any atom is -0.371 e.